The first kappa shape index (κ1) is 19.9. The van der Waals surface area contributed by atoms with E-state index in [9.17, 15) is 9.59 Å². The summed E-state index contributed by atoms with van der Waals surface area (Å²) in [6.45, 7) is 7.87. The van der Waals surface area contributed by atoms with Gasteiger partial charge in [-0.2, -0.15) is 0 Å². The summed E-state index contributed by atoms with van der Waals surface area (Å²) in [6.07, 6.45) is 10.3. The standard InChI is InChI=1S/C17H24O5/c1-5-11-17(15(18)21-7-3,16(19)22-8-4)12-9-10-14-20-13-6-2/h2,5,9-10H,1,7-8,11-14H2,3-4H3/b10-9+. The fraction of sp³-hybridized carbons (Fsp3) is 0.529. The summed E-state index contributed by atoms with van der Waals surface area (Å²) >= 11 is 0. The van der Waals surface area contributed by atoms with Crippen LogP contribution in [0.25, 0.3) is 0 Å². The van der Waals surface area contributed by atoms with Crippen LogP contribution in [-0.4, -0.2) is 38.4 Å². The van der Waals surface area contributed by atoms with E-state index in [0.717, 1.165) is 0 Å². The molecule has 122 valence electrons. The Bertz CT molecular complexity index is 413. The monoisotopic (exact) mass is 308 g/mol. The van der Waals surface area contributed by atoms with Gasteiger partial charge in [-0.1, -0.05) is 24.1 Å². The molecular formula is C17H24O5. The molecule has 0 unspecified atom stereocenters. The van der Waals surface area contributed by atoms with E-state index in [1.165, 1.54) is 6.08 Å². The Balaban J connectivity index is 5.10. The Hall–Kier alpha value is -2.06. The van der Waals surface area contributed by atoms with Gasteiger partial charge in [-0.05, 0) is 26.7 Å². The van der Waals surface area contributed by atoms with Crippen LogP contribution >= 0.6 is 0 Å². The number of hydrogen-bond acceptors (Lipinski definition) is 5. The Labute approximate surface area is 132 Å². The molecular weight excluding hydrogens is 284 g/mol. The highest BCUT2D eigenvalue weighted by atomic mass is 16.6. The maximum Gasteiger partial charge on any atom is 0.324 e. The lowest BCUT2D eigenvalue weighted by Gasteiger charge is -2.26. The van der Waals surface area contributed by atoms with Crippen molar-refractivity contribution in [2.75, 3.05) is 26.4 Å². The molecule has 0 spiro atoms. The first-order valence-electron chi connectivity index (χ1n) is 7.20. The zero-order valence-corrected chi connectivity index (χ0v) is 13.3. The molecule has 0 amide bonds. The molecule has 0 radical (unpaired) electrons. The van der Waals surface area contributed by atoms with Gasteiger partial charge in [0.1, 0.15) is 6.61 Å². The van der Waals surface area contributed by atoms with Crippen LogP contribution in [0, 0.1) is 17.8 Å². The third kappa shape index (κ3) is 6.15. The van der Waals surface area contributed by atoms with E-state index >= 15 is 0 Å². The fourth-order valence-corrected chi connectivity index (χ4v) is 1.82. The van der Waals surface area contributed by atoms with E-state index in [-0.39, 0.29) is 32.7 Å². The highest BCUT2D eigenvalue weighted by Gasteiger charge is 2.46. The molecule has 0 rings (SSSR count). The van der Waals surface area contributed by atoms with Gasteiger partial charge in [0.2, 0.25) is 0 Å². The summed E-state index contributed by atoms with van der Waals surface area (Å²) in [6, 6.07) is 0. The average Bonchev–Trinajstić information content (AvgIpc) is 2.50. The van der Waals surface area contributed by atoms with Gasteiger partial charge in [0.05, 0.1) is 19.8 Å². The Morgan fingerprint density at radius 2 is 1.73 bits per heavy atom. The van der Waals surface area contributed by atoms with Crippen molar-refractivity contribution in [3.8, 4) is 12.3 Å². The van der Waals surface area contributed by atoms with Crippen LogP contribution in [0.3, 0.4) is 0 Å². The van der Waals surface area contributed by atoms with Crippen LogP contribution in [0.4, 0.5) is 0 Å². The second kappa shape index (κ2) is 11.6. The number of allylic oxidation sites excluding steroid dienone is 2. The normalized spacial score (nSPS) is 11.0. The first-order valence-corrected chi connectivity index (χ1v) is 7.20. The van der Waals surface area contributed by atoms with Gasteiger partial charge >= 0.3 is 11.9 Å². The Morgan fingerprint density at radius 1 is 1.14 bits per heavy atom. The molecule has 5 heteroatoms. The molecule has 0 heterocycles. The molecule has 0 aliphatic carbocycles. The van der Waals surface area contributed by atoms with Crippen molar-refractivity contribution in [2.24, 2.45) is 5.41 Å². The predicted molar refractivity (Wildman–Crippen MR) is 83.9 cm³/mol. The third-order valence-electron chi connectivity index (χ3n) is 2.86. The second-order valence-corrected chi connectivity index (χ2v) is 4.41. The molecule has 5 nitrogen and oxygen atoms in total. The molecule has 0 atom stereocenters. The summed E-state index contributed by atoms with van der Waals surface area (Å²) in [5.74, 6) is 1.13. The lowest BCUT2D eigenvalue weighted by atomic mass is 9.81. The van der Waals surface area contributed by atoms with Crippen molar-refractivity contribution >= 4 is 11.9 Å². The Kier molecular flexibility index (Phi) is 10.5. The summed E-state index contributed by atoms with van der Waals surface area (Å²) < 4.78 is 15.2. The van der Waals surface area contributed by atoms with Gasteiger partial charge in [-0.3, -0.25) is 9.59 Å². The van der Waals surface area contributed by atoms with E-state index in [1.807, 2.05) is 0 Å². The van der Waals surface area contributed by atoms with Gasteiger partial charge in [0, 0.05) is 0 Å². The van der Waals surface area contributed by atoms with Gasteiger partial charge in [0.15, 0.2) is 5.41 Å². The van der Waals surface area contributed by atoms with Gasteiger partial charge < -0.3 is 14.2 Å². The van der Waals surface area contributed by atoms with Gasteiger partial charge in [0.25, 0.3) is 0 Å². The minimum absolute atomic E-state index is 0.139. The average molecular weight is 308 g/mol. The zero-order chi connectivity index (χ0) is 16.8. The van der Waals surface area contributed by atoms with Crippen molar-refractivity contribution in [1.82, 2.24) is 0 Å². The van der Waals surface area contributed by atoms with Crippen LogP contribution in [0.1, 0.15) is 26.7 Å². The molecule has 0 saturated heterocycles. The molecule has 0 aromatic carbocycles. The molecule has 0 aromatic heterocycles. The number of rotatable bonds is 11. The van der Waals surface area contributed by atoms with E-state index in [0.29, 0.717) is 6.61 Å². The highest BCUT2D eigenvalue weighted by Crippen LogP contribution is 2.31. The number of terminal acetylenes is 1. The molecule has 0 N–H and O–H groups in total. The summed E-state index contributed by atoms with van der Waals surface area (Å²) in [5.41, 5.74) is -1.41. The van der Waals surface area contributed by atoms with E-state index < -0.39 is 17.4 Å². The van der Waals surface area contributed by atoms with Gasteiger partial charge in [-0.15, -0.1) is 13.0 Å². The smallest absolute Gasteiger partial charge is 0.324 e. The molecule has 0 aliphatic heterocycles. The van der Waals surface area contributed by atoms with E-state index in [4.69, 9.17) is 20.6 Å². The van der Waals surface area contributed by atoms with Crippen molar-refractivity contribution < 1.29 is 23.8 Å². The zero-order valence-electron chi connectivity index (χ0n) is 13.3. The Morgan fingerprint density at radius 3 is 2.18 bits per heavy atom. The van der Waals surface area contributed by atoms with Crippen molar-refractivity contribution in [2.45, 2.75) is 26.7 Å². The van der Waals surface area contributed by atoms with Crippen LogP contribution in [0.2, 0.25) is 0 Å². The fourth-order valence-electron chi connectivity index (χ4n) is 1.82. The van der Waals surface area contributed by atoms with E-state index in [1.54, 1.807) is 26.0 Å². The van der Waals surface area contributed by atoms with Crippen molar-refractivity contribution in [1.29, 1.82) is 0 Å². The molecule has 0 saturated carbocycles. The summed E-state index contributed by atoms with van der Waals surface area (Å²) in [7, 11) is 0. The molecule has 0 bridgehead atoms. The molecule has 0 aliphatic rings. The quantitative estimate of drug-likeness (QED) is 0.193. The topological polar surface area (TPSA) is 61.8 Å². The van der Waals surface area contributed by atoms with Gasteiger partial charge in [-0.25, -0.2) is 0 Å². The molecule has 0 fully saturated rings. The number of carbonyl (C=O) groups excluding carboxylic acids is 2. The molecule has 22 heavy (non-hydrogen) atoms. The predicted octanol–water partition coefficient (Wildman–Crippen LogP) is 2.27. The van der Waals surface area contributed by atoms with Crippen LogP contribution in [0.5, 0.6) is 0 Å². The third-order valence-corrected chi connectivity index (χ3v) is 2.86. The lowest BCUT2D eigenvalue weighted by molar-refractivity contribution is -0.171. The largest absolute Gasteiger partial charge is 0.465 e. The second-order valence-electron chi connectivity index (χ2n) is 4.41. The highest BCUT2D eigenvalue weighted by molar-refractivity contribution is 6.00. The molecule has 0 aromatic rings. The van der Waals surface area contributed by atoms with Crippen molar-refractivity contribution in [3.63, 3.8) is 0 Å². The maximum absolute atomic E-state index is 12.3. The number of esters is 2. The number of carbonyl (C=O) groups is 2. The summed E-state index contributed by atoms with van der Waals surface area (Å²) in [4.78, 5) is 24.6. The maximum atomic E-state index is 12.3. The SMILES string of the molecule is C#CCOC/C=C/CC(CC=C)(C(=O)OCC)C(=O)OCC. The van der Waals surface area contributed by atoms with Crippen molar-refractivity contribution in [3.05, 3.63) is 24.8 Å². The van der Waals surface area contributed by atoms with Crippen LogP contribution in [-0.2, 0) is 23.8 Å². The minimum Gasteiger partial charge on any atom is -0.465 e. The summed E-state index contributed by atoms with van der Waals surface area (Å²) in [5, 5.41) is 0. The number of hydrogen-bond donors (Lipinski definition) is 0. The first-order chi connectivity index (χ1) is 10.6. The van der Waals surface area contributed by atoms with Crippen LogP contribution < -0.4 is 0 Å². The number of ether oxygens (including phenoxy) is 3. The van der Waals surface area contributed by atoms with Crippen LogP contribution in [0.15, 0.2) is 24.8 Å². The lowest BCUT2D eigenvalue weighted by Crippen LogP contribution is -2.41. The van der Waals surface area contributed by atoms with E-state index in [2.05, 4.69) is 12.5 Å². The minimum atomic E-state index is -1.41.